The Bertz CT molecular complexity index is 566. The second-order valence-electron chi connectivity index (χ2n) is 5.31. The first-order chi connectivity index (χ1) is 8.87. The first kappa shape index (κ1) is 14.3. The lowest BCUT2D eigenvalue weighted by atomic mass is 9.87. The highest BCUT2D eigenvalue weighted by Crippen LogP contribution is 2.35. The minimum Gasteiger partial charge on any atom is -0.497 e. The van der Waals surface area contributed by atoms with Crippen molar-refractivity contribution in [1.29, 1.82) is 0 Å². The molecule has 0 spiro atoms. The smallest absolute Gasteiger partial charge is 0.157 e. The van der Waals surface area contributed by atoms with Gasteiger partial charge in [-0.3, -0.25) is 0 Å². The zero-order chi connectivity index (χ0) is 14.2. The zero-order valence-corrected chi connectivity index (χ0v) is 12.4. The van der Waals surface area contributed by atoms with Crippen molar-refractivity contribution in [3.05, 3.63) is 29.3 Å². The third-order valence-corrected chi connectivity index (χ3v) is 6.58. The average molecular weight is 283 g/mol. The average Bonchev–Trinajstić information content (AvgIpc) is 2.38. The van der Waals surface area contributed by atoms with Gasteiger partial charge in [0.05, 0.1) is 17.6 Å². The lowest BCUT2D eigenvalue weighted by Gasteiger charge is -2.32. The van der Waals surface area contributed by atoms with E-state index in [9.17, 15) is 8.42 Å². The fraction of sp³-hybridized carbons (Fsp3) is 0.571. The third-order valence-electron chi connectivity index (χ3n) is 3.89. The van der Waals surface area contributed by atoms with E-state index in [2.05, 4.69) is 0 Å². The van der Waals surface area contributed by atoms with Crippen LogP contribution in [0.4, 0.5) is 0 Å². The van der Waals surface area contributed by atoms with Gasteiger partial charge in [0.25, 0.3) is 0 Å². The normalized spacial score (nSPS) is 23.2. The van der Waals surface area contributed by atoms with Crippen LogP contribution in [0.3, 0.4) is 0 Å². The first-order valence-electron chi connectivity index (χ1n) is 6.53. The number of benzene rings is 1. The fourth-order valence-electron chi connectivity index (χ4n) is 2.63. The van der Waals surface area contributed by atoms with E-state index < -0.39 is 26.4 Å². The number of nitrogens with two attached hydrogens (primary N) is 1. The Morgan fingerprint density at radius 2 is 2.05 bits per heavy atom. The van der Waals surface area contributed by atoms with Gasteiger partial charge in [0, 0.05) is 6.04 Å². The van der Waals surface area contributed by atoms with Gasteiger partial charge in [0.1, 0.15) is 5.75 Å². The number of hydrogen-bond donors (Lipinski definition) is 1. The Labute approximate surface area is 114 Å². The van der Waals surface area contributed by atoms with Crippen LogP contribution in [-0.2, 0) is 16.3 Å². The Morgan fingerprint density at radius 1 is 1.37 bits per heavy atom. The van der Waals surface area contributed by atoms with Crippen LogP contribution in [-0.4, -0.2) is 26.0 Å². The number of aryl methyl sites for hydroxylation is 1. The molecule has 0 heterocycles. The van der Waals surface area contributed by atoms with Crippen molar-refractivity contribution in [1.82, 2.24) is 0 Å². The van der Waals surface area contributed by atoms with Crippen molar-refractivity contribution in [3.8, 4) is 5.75 Å². The van der Waals surface area contributed by atoms with Crippen molar-refractivity contribution in [2.45, 2.75) is 43.2 Å². The van der Waals surface area contributed by atoms with Crippen LogP contribution in [0.1, 0.15) is 37.4 Å². The second kappa shape index (κ2) is 5.13. The van der Waals surface area contributed by atoms with Gasteiger partial charge < -0.3 is 10.5 Å². The predicted molar refractivity (Wildman–Crippen MR) is 76.1 cm³/mol. The summed E-state index contributed by atoms with van der Waals surface area (Å²) in [6.07, 6.45) is 1.35. The summed E-state index contributed by atoms with van der Waals surface area (Å²) in [4.78, 5) is 0. The number of hydrogen-bond acceptors (Lipinski definition) is 4. The van der Waals surface area contributed by atoms with Crippen LogP contribution in [0.2, 0.25) is 0 Å². The van der Waals surface area contributed by atoms with Gasteiger partial charge in [-0.15, -0.1) is 0 Å². The third kappa shape index (κ3) is 2.49. The molecule has 0 bridgehead atoms. The standard InChI is InChI=1S/C14H21NO3S/c1-9(2)19(16,17)13-7-5-10-4-6-11(18-3)8-12(10)14(13)15/h4,6,8-9,13-14H,5,7,15H2,1-3H3. The van der Waals surface area contributed by atoms with Crippen LogP contribution in [0.15, 0.2) is 18.2 Å². The summed E-state index contributed by atoms with van der Waals surface area (Å²) in [5.41, 5.74) is 8.23. The molecule has 0 aliphatic heterocycles. The lowest BCUT2D eigenvalue weighted by Crippen LogP contribution is -2.40. The summed E-state index contributed by atoms with van der Waals surface area (Å²) >= 11 is 0. The van der Waals surface area contributed by atoms with E-state index in [1.165, 1.54) is 0 Å². The molecule has 1 aliphatic carbocycles. The maximum atomic E-state index is 12.3. The molecule has 1 aromatic carbocycles. The van der Waals surface area contributed by atoms with Crippen molar-refractivity contribution in [2.24, 2.45) is 5.73 Å². The van der Waals surface area contributed by atoms with E-state index in [4.69, 9.17) is 10.5 Å². The van der Waals surface area contributed by atoms with Gasteiger partial charge in [-0.2, -0.15) is 0 Å². The predicted octanol–water partition coefficient (Wildman–Crippen LogP) is 1.83. The van der Waals surface area contributed by atoms with Gasteiger partial charge in [-0.05, 0) is 49.9 Å². The molecule has 0 aromatic heterocycles. The minimum atomic E-state index is -3.18. The molecule has 0 saturated carbocycles. The highest BCUT2D eigenvalue weighted by molar-refractivity contribution is 7.92. The summed E-state index contributed by atoms with van der Waals surface area (Å²) in [6.45, 7) is 3.42. The zero-order valence-electron chi connectivity index (χ0n) is 11.6. The molecule has 5 heteroatoms. The number of methoxy groups -OCH3 is 1. The SMILES string of the molecule is COc1ccc2c(c1)C(N)C(S(=O)(=O)C(C)C)CC2. The van der Waals surface area contributed by atoms with E-state index in [1.54, 1.807) is 21.0 Å². The summed E-state index contributed by atoms with van der Waals surface area (Å²) in [5.74, 6) is 0.719. The first-order valence-corrected chi connectivity index (χ1v) is 8.14. The van der Waals surface area contributed by atoms with Gasteiger partial charge in [0.15, 0.2) is 9.84 Å². The topological polar surface area (TPSA) is 69.4 Å². The lowest BCUT2D eigenvalue weighted by molar-refractivity contribution is 0.412. The molecule has 0 radical (unpaired) electrons. The summed E-state index contributed by atoms with van der Waals surface area (Å²) in [6, 6.07) is 5.27. The molecule has 0 fully saturated rings. The Hall–Kier alpha value is -1.07. The molecule has 2 rings (SSSR count). The van der Waals surface area contributed by atoms with Crippen LogP contribution < -0.4 is 10.5 Å². The minimum absolute atomic E-state index is 0.393. The summed E-state index contributed by atoms with van der Waals surface area (Å²) in [7, 11) is -1.58. The highest BCUT2D eigenvalue weighted by atomic mass is 32.2. The Balaban J connectivity index is 2.41. The molecule has 1 aliphatic rings. The van der Waals surface area contributed by atoms with Gasteiger partial charge in [-0.1, -0.05) is 6.07 Å². The van der Waals surface area contributed by atoms with Crippen LogP contribution in [0.5, 0.6) is 5.75 Å². The van der Waals surface area contributed by atoms with Gasteiger partial charge >= 0.3 is 0 Å². The summed E-state index contributed by atoms with van der Waals surface area (Å²) < 4.78 is 29.9. The molecule has 19 heavy (non-hydrogen) atoms. The number of fused-ring (bicyclic) bond motifs is 1. The molecular formula is C14H21NO3S. The van der Waals surface area contributed by atoms with Crippen molar-refractivity contribution in [3.63, 3.8) is 0 Å². The molecule has 106 valence electrons. The van der Waals surface area contributed by atoms with E-state index in [0.29, 0.717) is 6.42 Å². The largest absolute Gasteiger partial charge is 0.497 e. The number of sulfone groups is 1. The Morgan fingerprint density at radius 3 is 2.63 bits per heavy atom. The molecule has 1 aromatic rings. The molecule has 4 nitrogen and oxygen atoms in total. The maximum absolute atomic E-state index is 12.3. The van der Waals surface area contributed by atoms with Crippen LogP contribution in [0, 0.1) is 0 Å². The Kier molecular flexibility index (Phi) is 3.87. The number of rotatable bonds is 3. The van der Waals surface area contributed by atoms with Crippen LogP contribution >= 0.6 is 0 Å². The van der Waals surface area contributed by atoms with Crippen molar-refractivity contribution in [2.75, 3.05) is 7.11 Å². The molecule has 2 atom stereocenters. The second-order valence-corrected chi connectivity index (χ2v) is 8.03. The highest BCUT2D eigenvalue weighted by Gasteiger charge is 2.37. The van der Waals surface area contributed by atoms with E-state index in [0.717, 1.165) is 23.3 Å². The molecule has 2 N–H and O–H groups in total. The summed E-state index contributed by atoms with van der Waals surface area (Å²) in [5, 5.41) is -0.886. The van der Waals surface area contributed by atoms with Crippen LogP contribution in [0.25, 0.3) is 0 Å². The quantitative estimate of drug-likeness (QED) is 0.919. The molecular weight excluding hydrogens is 262 g/mol. The van der Waals surface area contributed by atoms with E-state index in [-0.39, 0.29) is 0 Å². The molecule has 2 unspecified atom stereocenters. The van der Waals surface area contributed by atoms with Crippen molar-refractivity contribution >= 4 is 9.84 Å². The van der Waals surface area contributed by atoms with Gasteiger partial charge in [-0.25, -0.2) is 8.42 Å². The van der Waals surface area contributed by atoms with Crippen molar-refractivity contribution < 1.29 is 13.2 Å². The fourth-order valence-corrected chi connectivity index (χ4v) is 4.33. The molecule has 0 saturated heterocycles. The maximum Gasteiger partial charge on any atom is 0.157 e. The van der Waals surface area contributed by atoms with E-state index >= 15 is 0 Å². The monoisotopic (exact) mass is 283 g/mol. The number of ether oxygens (including phenoxy) is 1. The molecule has 0 amide bonds. The van der Waals surface area contributed by atoms with E-state index in [1.807, 2.05) is 18.2 Å². The van der Waals surface area contributed by atoms with Gasteiger partial charge in [0.2, 0.25) is 0 Å².